The number of rotatable bonds is 3. The van der Waals surface area contributed by atoms with Gasteiger partial charge in [0.25, 0.3) is 0 Å². The normalized spacial score (nSPS) is 12.8. The quantitative estimate of drug-likeness (QED) is 0.832. The van der Waals surface area contributed by atoms with Crippen LogP contribution in [0.4, 0.5) is 6.01 Å². The monoisotopic (exact) mass is 233 g/mol. The molecule has 1 aromatic heterocycles. The Bertz CT molecular complexity index is 430. The molecule has 0 unspecified atom stereocenters. The Hall–Kier alpha value is -1.11. The Kier molecular flexibility index (Phi) is 3.03. The highest BCUT2D eigenvalue weighted by Crippen LogP contribution is 2.12. The Morgan fingerprint density at radius 2 is 2.00 bits per heavy atom. The highest BCUT2D eigenvalue weighted by molar-refractivity contribution is 7.89. The molecule has 1 heterocycles. The summed E-state index contributed by atoms with van der Waals surface area (Å²) in [6.45, 7) is 5.81. The molecule has 7 heteroatoms. The smallest absolute Gasteiger partial charge is 0.321 e. The largest absolute Gasteiger partial charge is 0.333 e. The lowest BCUT2D eigenvalue weighted by molar-refractivity contribution is 0.414. The molecule has 0 aliphatic carbocycles. The molecule has 1 N–H and O–H groups in total. The number of aromatic nitrogens is 2. The fraction of sp³-hybridized carbons (Fsp3) is 0.750. The van der Waals surface area contributed by atoms with Gasteiger partial charge in [-0.25, -0.2) is 8.42 Å². The molecule has 0 spiro atoms. The third-order valence-corrected chi connectivity index (χ3v) is 2.12. The average Bonchev–Trinajstić information content (AvgIpc) is 2.28. The topological polar surface area (TPSA) is 85.1 Å². The molecule has 0 aromatic carbocycles. The van der Waals surface area contributed by atoms with E-state index in [0.29, 0.717) is 0 Å². The first-order valence-corrected chi connectivity index (χ1v) is 6.50. The van der Waals surface area contributed by atoms with Crippen LogP contribution in [0.5, 0.6) is 0 Å². The lowest BCUT2D eigenvalue weighted by Crippen LogP contribution is -2.26. The third-order valence-electron chi connectivity index (χ3n) is 1.34. The second-order valence-electron chi connectivity index (χ2n) is 4.46. The third kappa shape index (κ3) is 4.78. The molecule has 1 aromatic rings. The lowest BCUT2D eigenvalue weighted by atomic mass is 10.1. The van der Waals surface area contributed by atoms with Gasteiger partial charge < -0.3 is 9.84 Å². The van der Waals surface area contributed by atoms with Crippen molar-refractivity contribution in [3.63, 3.8) is 0 Å². The fourth-order valence-electron chi connectivity index (χ4n) is 0.919. The summed E-state index contributed by atoms with van der Waals surface area (Å²) in [6.07, 6.45) is 1.13. The summed E-state index contributed by atoms with van der Waals surface area (Å²) in [7, 11) is -3.12. The van der Waals surface area contributed by atoms with Gasteiger partial charge in [0, 0.05) is 11.8 Å². The minimum atomic E-state index is -3.12. The number of anilines is 1. The van der Waals surface area contributed by atoms with Gasteiger partial charge in [0.15, 0.2) is 15.7 Å². The van der Waals surface area contributed by atoms with Gasteiger partial charge in [0.1, 0.15) is 5.75 Å². The van der Waals surface area contributed by atoms with E-state index >= 15 is 0 Å². The molecule has 86 valence electrons. The minimum absolute atomic E-state index is 0.171. The average molecular weight is 233 g/mol. The van der Waals surface area contributed by atoms with E-state index in [0.717, 1.165) is 6.26 Å². The molecule has 0 saturated carbocycles. The molecule has 0 saturated heterocycles. The number of hydrogen-bond acceptors (Lipinski definition) is 6. The second kappa shape index (κ2) is 3.80. The minimum Gasteiger partial charge on any atom is -0.333 e. The van der Waals surface area contributed by atoms with Gasteiger partial charge >= 0.3 is 6.01 Å². The van der Waals surface area contributed by atoms with E-state index in [4.69, 9.17) is 4.52 Å². The molecule has 0 aliphatic heterocycles. The van der Waals surface area contributed by atoms with Crippen LogP contribution in [0.2, 0.25) is 0 Å². The van der Waals surface area contributed by atoms with Crippen LogP contribution < -0.4 is 5.32 Å². The highest BCUT2D eigenvalue weighted by Gasteiger charge is 2.16. The summed E-state index contributed by atoms with van der Waals surface area (Å²) in [6, 6.07) is 0.237. The summed E-state index contributed by atoms with van der Waals surface area (Å²) >= 11 is 0. The second-order valence-corrected chi connectivity index (χ2v) is 6.60. The molecule has 0 atom stereocenters. The Morgan fingerprint density at radius 3 is 2.47 bits per heavy atom. The fourth-order valence-corrected chi connectivity index (χ4v) is 1.50. The van der Waals surface area contributed by atoms with Crippen LogP contribution in [0.15, 0.2) is 4.52 Å². The van der Waals surface area contributed by atoms with Crippen molar-refractivity contribution in [2.45, 2.75) is 32.1 Å². The highest BCUT2D eigenvalue weighted by atomic mass is 32.2. The van der Waals surface area contributed by atoms with Crippen LogP contribution in [0.3, 0.4) is 0 Å². The van der Waals surface area contributed by atoms with E-state index in [9.17, 15) is 8.42 Å². The maximum absolute atomic E-state index is 11.0. The van der Waals surface area contributed by atoms with Crippen molar-refractivity contribution < 1.29 is 12.9 Å². The SMILES string of the molecule is CC(C)(C)Nc1nc(CS(C)(=O)=O)no1. The van der Waals surface area contributed by atoms with Gasteiger partial charge in [-0.3, -0.25) is 0 Å². The molecule has 0 radical (unpaired) electrons. The first kappa shape index (κ1) is 12.0. The van der Waals surface area contributed by atoms with Crippen molar-refractivity contribution in [3.05, 3.63) is 5.82 Å². The molecule has 0 aliphatic rings. The predicted molar refractivity (Wildman–Crippen MR) is 56.2 cm³/mol. The molecule has 0 fully saturated rings. The number of nitrogens with zero attached hydrogens (tertiary/aromatic N) is 2. The van der Waals surface area contributed by atoms with Crippen molar-refractivity contribution in [3.8, 4) is 0 Å². The maximum atomic E-state index is 11.0. The van der Waals surface area contributed by atoms with Gasteiger partial charge in [-0.15, -0.1) is 0 Å². The zero-order valence-corrected chi connectivity index (χ0v) is 10.1. The zero-order chi connectivity index (χ0) is 11.7. The van der Waals surface area contributed by atoms with Gasteiger partial charge in [0.2, 0.25) is 0 Å². The molecular weight excluding hydrogens is 218 g/mol. The molecule has 0 bridgehead atoms. The number of hydrogen-bond donors (Lipinski definition) is 1. The van der Waals surface area contributed by atoms with E-state index in [1.807, 2.05) is 20.8 Å². The zero-order valence-electron chi connectivity index (χ0n) is 9.23. The summed E-state index contributed by atoms with van der Waals surface area (Å²) in [5.41, 5.74) is -0.200. The predicted octanol–water partition coefficient (Wildman–Crippen LogP) is 0.825. The number of nitrogens with one attached hydrogen (secondary N) is 1. The van der Waals surface area contributed by atoms with Crippen molar-refractivity contribution in [2.24, 2.45) is 0 Å². The Morgan fingerprint density at radius 1 is 1.40 bits per heavy atom. The molecule has 0 amide bonds. The Balaban J connectivity index is 2.73. The van der Waals surface area contributed by atoms with Crippen molar-refractivity contribution in [2.75, 3.05) is 11.6 Å². The molecule has 1 rings (SSSR count). The maximum Gasteiger partial charge on any atom is 0.321 e. The van der Waals surface area contributed by atoms with Gasteiger partial charge in [0.05, 0.1) is 0 Å². The van der Waals surface area contributed by atoms with E-state index in [1.54, 1.807) is 0 Å². The standard InChI is InChI=1S/C8H15N3O3S/c1-8(2,3)10-7-9-6(11-14-7)5-15(4,12)13/h5H2,1-4H3,(H,9,10,11). The first-order chi connectivity index (χ1) is 6.66. The van der Waals surface area contributed by atoms with E-state index in [1.165, 1.54) is 0 Å². The van der Waals surface area contributed by atoms with Crippen LogP contribution >= 0.6 is 0 Å². The Labute approximate surface area is 89.0 Å². The molecule has 15 heavy (non-hydrogen) atoms. The molecular formula is C8H15N3O3S. The number of sulfone groups is 1. The van der Waals surface area contributed by atoms with Gasteiger partial charge in [-0.2, -0.15) is 4.98 Å². The van der Waals surface area contributed by atoms with E-state index < -0.39 is 9.84 Å². The van der Waals surface area contributed by atoms with Gasteiger partial charge in [-0.1, -0.05) is 5.16 Å². The van der Waals surface area contributed by atoms with E-state index in [-0.39, 0.29) is 23.1 Å². The summed E-state index contributed by atoms with van der Waals surface area (Å²) in [4.78, 5) is 3.91. The first-order valence-electron chi connectivity index (χ1n) is 4.44. The van der Waals surface area contributed by atoms with Crippen LogP contribution in [-0.2, 0) is 15.6 Å². The van der Waals surface area contributed by atoms with Crippen LogP contribution in [0, 0.1) is 0 Å². The van der Waals surface area contributed by atoms with Crippen LogP contribution in [0.25, 0.3) is 0 Å². The van der Waals surface area contributed by atoms with Crippen molar-refractivity contribution in [1.82, 2.24) is 10.1 Å². The van der Waals surface area contributed by atoms with Crippen molar-refractivity contribution >= 4 is 15.9 Å². The van der Waals surface area contributed by atoms with Crippen LogP contribution in [0.1, 0.15) is 26.6 Å². The summed E-state index contributed by atoms with van der Waals surface area (Å²) < 4.78 is 26.8. The van der Waals surface area contributed by atoms with Gasteiger partial charge in [-0.05, 0) is 20.8 Å². The summed E-state index contributed by atoms with van der Waals surface area (Å²) in [5.74, 6) is -0.0354. The van der Waals surface area contributed by atoms with E-state index in [2.05, 4.69) is 15.5 Å². The lowest BCUT2D eigenvalue weighted by Gasteiger charge is -2.17. The summed E-state index contributed by atoms with van der Waals surface area (Å²) in [5, 5.41) is 6.51. The van der Waals surface area contributed by atoms with Crippen molar-refractivity contribution in [1.29, 1.82) is 0 Å². The van der Waals surface area contributed by atoms with Crippen LogP contribution in [-0.4, -0.2) is 30.4 Å². The molecule has 6 nitrogen and oxygen atoms in total.